The van der Waals surface area contributed by atoms with Crippen LogP contribution in [0, 0.1) is 0 Å². The van der Waals surface area contributed by atoms with E-state index in [9.17, 15) is 13.2 Å². The molecule has 1 aromatic rings. The third-order valence-corrected chi connectivity index (χ3v) is 4.74. The van der Waals surface area contributed by atoms with Crippen LogP contribution in [-0.2, 0) is 10.0 Å². The van der Waals surface area contributed by atoms with Crippen LogP contribution in [0.1, 0.15) is 57.8 Å². The first-order chi connectivity index (χ1) is 10.5. The van der Waals surface area contributed by atoms with Gasteiger partial charge in [0, 0.05) is 11.6 Å². The Morgan fingerprint density at radius 2 is 1.91 bits per heavy atom. The maximum atomic E-state index is 12.7. The van der Waals surface area contributed by atoms with Crippen LogP contribution in [0.3, 0.4) is 0 Å². The highest BCUT2D eigenvalue weighted by atomic mass is 32.2. The molecule has 6 nitrogen and oxygen atoms in total. The van der Waals surface area contributed by atoms with E-state index in [0.717, 1.165) is 6.42 Å². The minimum absolute atomic E-state index is 0.0460. The zero-order valence-corrected chi connectivity index (χ0v) is 15.1. The number of carboxylic acids is 1. The Morgan fingerprint density at radius 3 is 2.39 bits per heavy atom. The van der Waals surface area contributed by atoms with Gasteiger partial charge in [-0.05, 0) is 52.3 Å². The Labute approximate surface area is 138 Å². The fourth-order valence-corrected chi connectivity index (χ4v) is 3.67. The van der Waals surface area contributed by atoms with Crippen molar-refractivity contribution in [3.8, 4) is 0 Å². The molecule has 130 valence electrons. The number of anilines is 1. The average molecular weight is 342 g/mol. The monoisotopic (exact) mass is 342 g/mol. The first-order valence-electron chi connectivity index (χ1n) is 7.64. The number of hydrogen-bond acceptors (Lipinski definition) is 4. The van der Waals surface area contributed by atoms with Crippen LogP contribution in [0.4, 0.5) is 5.69 Å². The smallest absolute Gasteiger partial charge is 0.335 e. The number of rotatable bonds is 7. The predicted octanol–water partition coefficient (Wildman–Crippen LogP) is 3.06. The van der Waals surface area contributed by atoms with Gasteiger partial charge in [0.15, 0.2) is 0 Å². The highest BCUT2D eigenvalue weighted by Gasteiger charge is 2.24. The maximum Gasteiger partial charge on any atom is 0.335 e. The molecule has 0 radical (unpaired) electrons. The van der Waals surface area contributed by atoms with Gasteiger partial charge in [0.2, 0.25) is 10.0 Å². The molecule has 1 atom stereocenters. The van der Waals surface area contributed by atoms with Crippen molar-refractivity contribution in [3.63, 3.8) is 0 Å². The number of carbonyl (C=O) groups is 1. The van der Waals surface area contributed by atoms with Crippen molar-refractivity contribution in [2.24, 2.45) is 0 Å². The van der Waals surface area contributed by atoms with E-state index in [1.54, 1.807) is 6.92 Å². The van der Waals surface area contributed by atoms with Gasteiger partial charge in [-0.1, -0.05) is 13.3 Å². The second-order valence-corrected chi connectivity index (χ2v) is 8.38. The quantitative estimate of drug-likeness (QED) is 0.708. The Hall–Kier alpha value is -1.60. The second kappa shape index (κ2) is 7.31. The molecule has 0 aliphatic carbocycles. The molecule has 7 heteroatoms. The summed E-state index contributed by atoms with van der Waals surface area (Å²) < 4.78 is 27.9. The van der Waals surface area contributed by atoms with E-state index in [1.807, 2.05) is 27.7 Å². The van der Waals surface area contributed by atoms with Gasteiger partial charge < -0.3 is 10.4 Å². The minimum Gasteiger partial charge on any atom is -0.478 e. The first-order valence-corrected chi connectivity index (χ1v) is 9.12. The van der Waals surface area contributed by atoms with Gasteiger partial charge in [-0.3, -0.25) is 0 Å². The van der Waals surface area contributed by atoms with E-state index >= 15 is 0 Å². The Bertz CT molecular complexity index is 663. The van der Waals surface area contributed by atoms with E-state index in [1.165, 1.54) is 18.2 Å². The van der Waals surface area contributed by atoms with Crippen molar-refractivity contribution in [2.45, 2.75) is 63.9 Å². The van der Waals surface area contributed by atoms with Gasteiger partial charge in [0.25, 0.3) is 0 Å². The molecule has 0 spiro atoms. The number of carboxylic acid groups (broad SMARTS) is 1. The topological polar surface area (TPSA) is 95.5 Å². The van der Waals surface area contributed by atoms with Gasteiger partial charge in [-0.25, -0.2) is 17.9 Å². The molecule has 0 aliphatic heterocycles. The summed E-state index contributed by atoms with van der Waals surface area (Å²) >= 11 is 0. The largest absolute Gasteiger partial charge is 0.478 e. The maximum absolute atomic E-state index is 12.7. The number of hydrogen-bond donors (Lipinski definition) is 3. The van der Waals surface area contributed by atoms with E-state index in [0.29, 0.717) is 12.1 Å². The molecule has 0 saturated heterocycles. The van der Waals surface area contributed by atoms with Crippen molar-refractivity contribution in [1.29, 1.82) is 0 Å². The summed E-state index contributed by atoms with van der Waals surface area (Å²) in [7, 11) is -3.82. The Morgan fingerprint density at radius 1 is 1.30 bits per heavy atom. The van der Waals surface area contributed by atoms with Crippen molar-refractivity contribution < 1.29 is 18.3 Å². The average Bonchev–Trinajstić information content (AvgIpc) is 2.36. The molecule has 1 rings (SSSR count). The lowest BCUT2D eigenvalue weighted by Crippen LogP contribution is -2.34. The van der Waals surface area contributed by atoms with Crippen molar-refractivity contribution in [1.82, 2.24) is 4.72 Å². The third kappa shape index (κ3) is 5.84. The lowest BCUT2D eigenvalue weighted by Gasteiger charge is -2.25. The molecule has 0 heterocycles. The minimum atomic E-state index is -3.82. The summed E-state index contributed by atoms with van der Waals surface area (Å²) in [6, 6.07) is 3.86. The van der Waals surface area contributed by atoms with Crippen molar-refractivity contribution in [2.75, 3.05) is 5.32 Å². The third-order valence-electron chi connectivity index (χ3n) is 3.11. The van der Waals surface area contributed by atoms with Crippen LogP contribution in [0.5, 0.6) is 0 Å². The molecular formula is C16H26N2O4S. The van der Waals surface area contributed by atoms with Crippen LogP contribution < -0.4 is 10.0 Å². The molecule has 1 aromatic carbocycles. The molecule has 0 bridgehead atoms. The zero-order valence-electron chi connectivity index (χ0n) is 14.3. The van der Waals surface area contributed by atoms with E-state index in [4.69, 9.17) is 5.11 Å². The van der Waals surface area contributed by atoms with Crippen molar-refractivity contribution in [3.05, 3.63) is 23.8 Å². The summed E-state index contributed by atoms with van der Waals surface area (Å²) in [5.41, 5.74) is -0.0315. The molecule has 0 aromatic heterocycles. The van der Waals surface area contributed by atoms with Gasteiger partial charge in [-0.15, -0.1) is 0 Å². The summed E-state index contributed by atoms with van der Waals surface area (Å²) in [6.07, 6.45) is 1.56. The summed E-state index contributed by atoms with van der Waals surface area (Å²) in [5, 5.41) is 12.2. The lowest BCUT2D eigenvalue weighted by molar-refractivity contribution is 0.0696. The van der Waals surface area contributed by atoms with Gasteiger partial charge in [0.05, 0.1) is 11.3 Å². The highest BCUT2D eigenvalue weighted by Crippen LogP contribution is 2.26. The molecule has 0 aliphatic rings. The number of nitrogens with one attached hydrogen (secondary N) is 2. The number of aromatic carboxylic acids is 1. The standard InChI is InChI=1S/C16H26N2O4S/c1-6-7-11(2)18-23(21,22)14-10-12(15(19)20)8-9-13(14)17-16(3,4)5/h8-11,17-18H,6-7H2,1-5H3,(H,19,20)/t11-/m0/s1. The molecule has 0 unspecified atom stereocenters. The Kier molecular flexibility index (Phi) is 6.18. The van der Waals surface area contributed by atoms with Crippen molar-refractivity contribution >= 4 is 21.7 Å². The van der Waals surface area contributed by atoms with Gasteiger partial charge in [-0.2, -0.15) is 0 Å². The summed E-state index contributed by atoms with van der Waals surface area (Å²) in [6.45, 7) is 9.48. The number of benzene rings is 1. The molecule has 0 amide bonds. The van der Waals surface area contributed by atoms with E-state index in [-0.39, 0.29) is 22.0 Å². The summed E-state index contributed by atoms with van der Waals surface area (Å²) in [5.74, 6) is -1.16. The second-order valence-electron chi connectivity index (χ2n) is 6.70. The first kappa shape index (κ1) is 19.4. The fourth-order valence-electron chi connectivity index (χ4n) is 2.21. The molecule has 0 fully saturated rings. The van der Waals surface area contributed by atoms with Crippen LogP contribution in [0.15, 0.2) is 23.1 Å². The fraction of sp³-hybridized carbons (Fsp3) is 0.562. The lowest BCUT2D eigenvalue weighted by atomic mass is 10.1. The van der Waals surface area contributed by atoms with E-state index < -0.39 is 16.0 Å². The SMILES string of the molecule is CCC[C@H](C)NS(=O)(=O)c1cc(C(=O)O)ccc1NC(C)(C)C. The number of sulfonamides is 1. The van der Waals surface area contributed by atoms with Crippen LogP contribution in [0.25, 0.3) is 0 Å². The molecule has 23 heavy (non-hydrogen) atoms. The highest BCUT2D eigenvalue weighted by molar-refractivity contribution is 7.89. The molecular weight excluding hydrogens is 316 g/mol. The van der Waals surface area contributed by atoms with Gasteiger partial charge >= 0.3 is 5.97 Å². The van der Waals surface area contributed by atoms with Crippen LogP contribution in [0.2, 0.25) is 0 Å². The normalized spacial score (nSPS) is 13.6. The molecule has 0 saturated carbocycles. The van der Waals surface area contributed by atoms with E-state index in [2.05, 4.69) is 10.0 Å². The van der Waals surface area contributed by atoms with Crippen LogP contribution in [-0.4, -0.2) is 31.1 Å². The van der Waals surface area contributed by atoms with Crippen LogP contribution >= 0.6 is 0 Å². The Balaban J connectivity index is 3.33. The predicted molar refractivity (Wildman–Crippen MR) is 91.5 cm³/mol. The zero-order chi connectivity index (χ0) is 17.8. The summed E-state index contributed by atoms with van der Waals surface area (Å²) in [4.78, 5) is 11.1. The molecule has 3 N–H and O–H groups in total. The van der Waals surface area contributed by atoms with Gasteiger partial charge in [0.1, 0.15) is 4.90 Å².